The van der Waals surface area contributed by atoms with E-state index >= 15 is 0 Å². The molecule has 23 heavy (non-hydrogen) atoms. The number of nitrogens with two attached hydrogens (primary N) is 1. The largest absolute Gasteiger partial charge is 0.394 e. The molecule has 3 heterocycles. The molecule has 0 bridgehead atoms. The molecule has 10 heteroatoms. The second-order valence-electron chi connectivity index (χ2n) is 5.00. The van der Waals surface area contributed by atoms with Crippen LogP contribution >= 0.6 is 12.6 Å². The Morgan fingerprint density at radius 2 is 2.30 bits per heavy atom. The fourth-order valence-electron chi connectivity index (χ4n) is 2.52. The molecule has 3 rings (SSSR count). The summed E-state index contributed by atoms with van der Waals surface area (Å²) in [5.41, 5.74) is 5.40. The highest BCUT2D eigenvalue weighted by molar-refractivity contribution is 7.80. The van der Waals surface area contributed by atoms with Crippen molar-refractivity contribution in [2.75, 3.05) is 18.1 Å². The maximum Gasteiger partial charge on any atom is 0.280 e. The molecule has 122 valence electrons. The van der Waals surface area contributed by atoms with Gasteiger partial charge in [-0.2, -0.15) is 17.6 Å². The number of ether oxygens (including phenoxy) is 1. The van der Waals surface area contributed by atoms with Crippen LogP contribution in [-0.4, -0.2) is 54.3 Å². The number of imidazole rings is 1. The van der Waals surface area contributed by atoms with E-state index in [2.05, 4.69) is 39.4 Å². The van der Waals surface area contributed by atoms with Crippen LogP contribution < -0.4 is 11.3 Å². The molecule has 0 unspecified atom stereocenters. The Kier molecular flexibility index (Phi) is 4.27. The van der Waals surface area contributed by atoms with Gasteiger partial charge in [0, 0.05) is 6.42 Å². The van der Waals surface area contributed by atoms with Gasteiger partial charge in [0.2, 0.25) is 5.95 Å². The summed E-state index contributed by atoms with van der Waals surface area (Å²) in [6.07, 6.45) is -2.01. The lowest BCUT2D eigenvalue weighted by Crippen LogP contribution is -2.24. The fraction of sp³-hybridized carbons (Fsp3) is 0.462. The maximum absolute atomic E-state index is 12.0. The Labute approximate surface area is 135 Å². The topological polar surface area (TPSA) is 139 Å². The van der Waals surface area contributed by atoms with Gasteiger partial charge >= 0.3 is 0 Å². The van der Waals surface area contributed by atoms with Gasteiger partial charge in [-0.15, -0.1) is 0 Å². The SMILES string of the molecule is Nc1nc2c(nc(C#CCS)n2[C@H]2C[C@H](O)[C@@H](CO)O2)c(=O)[nH]1. The summed E-state index contributed by atoms with van der Waals surface area (Å²) < 4.78 is 7.13. The van der Waals surface area contributed by atoms with Gasteiger partial charge in [-0.3, -0.25) is 14.3 Å². The Morgan fingerprint density at radius 3 is 2.96 bits per heavy atom. The quantitative estimate of drug-likeness (QED) is 0.336. The van der Waals surface area contributed by atoms with Crippen LogP contribution in [0.4, 0.5) is 5.95 Å². The molecule has 0 saturated carbocycles. The molecule has 0 aliphatic carbocycles. The molecule has 1 aliphatic rings. The van der Waals surface area contributed by atoms with Crippen molar-refractivity contribution in [3.8, 4) is 11.8 Å². The van der Waals surface area contributed by atoms with Crippen LogP contribution in [0.3, 0.4) is 0 Å². The number of aromatic amines is 1. The summed E-state index contributed by atoms with van der Waals surface area (Å²) in [6, 6.07) is 0. The van der Waals surface area contributed by atoms with Gasteiger partial charge < -0.3 is 20.7 Å². The second kappa shape index (κ2) is 6.21. The minimum absolute atomic E-state index is 0.0605. The fourth-order valence-corrected chi connectivity index (χ4v) is 2.60. The molecule has 0 spiro atoms. The summed E-state index contributed by atoms with van der Waals surface area (Å²) in [4.78, 5) is 22.6. The summed E-state index contributed by atoms with van der Waals surface area (Å²) in [5, 5.41) is 19.2. The molecule has 0 aromatic carbocycles. The summed E-state index contributed by atoms with van der Waals surface area (Å²) in [7, 11) is 0. The van der Waals surface area contributed by atoms with Crippen LogP contribution in [0.1, 0.15) is 18.5 Å². The van der Waals surface area contributed by atoms with Crippen molar-refractivity contribution >= 4 is 29.7 Å². The minimum atomic E-state index is -0.840. The predicted molar refractivity (Wildman–Crippen MR) is 84.9 cm³/mol. The third-order valence-electron chi connectivity index (χ3n) is 3.52. The van der Waals surface area contributed by atoms with Crippen molar-refractivity contribution in [2.24, 2.45) is 0 Å². The average molecular weight is 337 g/mol. The Hall–Kier alpha value is -2.06. The lowest BCUT2D eigenvalue weighted by molar-refractivity contribution is -0.0434. The first kappa shape index (κ1) is 15.8. The molecule has 0 radical (unpaired) electrons. The van der Waals surface area contributed by atoms with Gasteiger partial charge in [0.1, 0.15) is 12.3 Å². The molecule has 1 fully saturated rings. The molecule has 3 atom stereocenters. The number of rotatable bonds is 2. The van der Waals surface area contributed by atoms with Crippen molar-refractivity contribution in [3.05, 3.63) is 16.2 Å². The second-order valence-corrected chi connectivity index (χ2v) is 5.32. The monoisotopic (exact) mass is 337 g/mol. The number of nitrogens with zero attached hydrogens (tertiary/aromatic N) is 3. The predicted octanol–water partition coefficient (Wildman–Crippen LogP) is -1.38. The molecule has 0 amide bonds. The number of aromatic nitrogens is 4. The number of H-pyrrole nitrogens is 1. The highest BCUT2D eigenvalue weighted by atomic mass is 32.1. The normalized spacial score (nSPS) is 23.9. The maximum atomic E-state index is 12.0. The van der Waals surface area contributed by atoms with Gasteiger partial charge in [-0.25, -0.2) is 4.98 Å². The third kappa shape index (κ3) is 2.79. The first-order chi connectivity index (χ1) is 11.0. The smallest absolute Gasteiger partial charge is 0.280 e. The number of hydrogen-bond donors (Lipinski definition) is 5. The first-order valence-electron chi connectivity index (χ1n) is 6.87. The zero-order valence-electron chi connectivity index (χ0n) is 11.9. The molecule has 2 aromatic rings. The van der Waals surface area contributed by atoms with Gasteiger partial charge in [-0.1, -0.05) is 5.92 Å². The van der Waals surface area contributed by atoms with Crippen molar-refractivity contribution in [2.45, 2.75) is 24.9 Å². The van der Waals surface area contributed by atoms with E-state index in [1.165, 1.54) is 4.57 Å². The van der Waals surface area contributed by atoms with Crippen LogP contribution in [0.5, 0.6) is 0 Å². The van der Waals surface area contributed by atoms with Crippen LogP contribution in [-0.2, 0) is 4.74 Å². The number of aliphatic hydroxyl groups excluding tert-OH is 2. The van der Waals surface area contributed by atoms with Crippen molar-refractivity contribution in [3.63, 3.8) is 0 Å². The highest BCUT2D eigenvalue weighted by Crippen LogP contribution is 2.31. The van der Waals surface area contributed by atoms with Gasteiger partial charge in [0.05, 0.1) is 18.5 Å². The van der Waals surface area contributed by atoms with Crippen LogP contribution in [0.15, 0.2) is 4.79 Å². The van der Waals surface area contributed by atoms with Crippen LogP contribution in [0.25, 0.3) is 11.2 Å². The van der Waals surface area contributed by atoms with Gasteiger partial charge in [0.25, 0.3) is 5.56 Å². The van der Waals surface area contributed by atoms with E-state index in [-0.39, 0.29) is 36.0 Å². The third-order valence-corrected chi connectivity index (χ3v) is 3.68. The Balaban J connectivity index is 2.19. The van der Waals surface area contributed by atoms with E-state index in [0.717, 1.165) is 0 Å². The minimum Gasteiger partial charge on any atom is -0.394 e. The lowest BCUT2D eigenvalue weighted by atomic mass is 10.2. The van der Waals surface area contributed by atoms with Crippen LogP contribution in [0, 0.1) is 11.8 Å². The van der Waals surface area contributed by atoms with E-state index in [9.17, 15) is 15.0 Å². The van der Waals surface area contributed by atoms with Crippen LogP contribution in [0.2, 0.25) is 0 Å². The van der Waals surface area contributed by atoms with E-state index in [1.54, 1.807) is 0 Å². The van der Waals surface area contributed by atoms with Crippen molar-refractivity contribution in [1.29, 1.82) is 0 Å². The number of nitrogen functional groups attached to an aromatic ring is 1. The van der Waals surface area contributed by atoms with Gasteiger partial charge in [0.15, 0.2) is 17.0 Å². The number of hydrogen-bond acceptors (Lipinski definition) is 8. The Morgan fingerprint density at radius 1 is 1.52 bits per heavy atom. The lowest BCUT2D eigenvalue weighted by Gasteiger charge is -2.14. The zero-order chi connectivity index (χ0) is 16.6. The highest BCUT2D eigenvalue weighted by Gasteiger charge is 2.36. The molecule has 9 nitrogen and oxygen atoms in total. The molecular weight excluding hydrogens is 322 g/mol. The Bertz CT molecular complexity index is 852. The van der Waals surface area contributed by atoms with Crippen molar-refractivity contribution < 1.29 is 14.9 Å². The first-order valence-corrected chi connectivity index (χ1v) is 7.50. The number of thiol groups is 1. The van der Waals surface area contributed by atoms with E-state index in [0.29, 0.717) is 5.75 Å². The van der Waals surface area contributed by atoms with E-state index in [4.69, 9.17) is 10.5 Å². The molecule has 1 aliphatic heterocycles. The zero-order valence-corrected chi connectivity index (χ0v) is 12.8. The van der Waals surface area contributed by atoms with Gasteiger partial charge in [-0.05, 0) is 5.92 Å². The number of aliphatic hydroxyl groups is 2. The molecule has 2 aromatic heterocycles. The molecule has 5 N–H and O–H groups in total. The average Bonchev–Trinajstić information content (AvgIpc) is 3.05. The number of nitrogens with one attached hydrogen (secondary N) is 1. The number of anilines is 1. The standard InChI is InChI=1S/C13H15N5O4S/c14-13-16-11-10(12(21)17-13)15-8(2-1-3-23)18(11)9-4-6(20)7(5-19)22-9/h6-7,9,19-20,23H,3-5H2,(H3,14,16,17,21)/t6-,7+,9+/m0/s1. The number of fused-ring (bicyclic) bond motifs is 1. The van der Waals surface area contributed by atoms with E-state index in [1.807, 2.05) is 0 Å². The summed E-state index contributed by atoms with van der Waals surface area (Å²) >= 11 is 4.02. The summed E-state index contributed by atoms with van der Waals surface area (Å²) in [6.45, 7) is -0.321. The van der Waals surface area contributed by atoms with E-state index < -0.39 is 24.0 Å². The molecule has 1 saturated heterocycles. The van der Waals surface area contributed by atoms with Crippen molar-refractivity contribution in [1.82, 2.24) is 19.5 Å². The summed E-state index contributed by atoms with van der Waals surface area (Å²) in [5.74, 6) is 6.05. The molecular formula is C13H15N5O4S.